The van der Waals surface area contributed by atoms with Crippen molar-refractivity contribution in [2.75, 3.05) is 0 Å². The van der Waals surface area contributed by atoms with Gasteiger partial charge in [0.1, 0.15) is 15.3 Å². The van der Waals surface area contributed by atoms with Gasteiger partial charge in [0.15, 0.2) is 0 Å². The van der Waals surface area contributed by atoms with Crippen LogP contribution in [0.3, 0.4) is 0 Å². The molecule has 0 aliphatic heterocycles. The van der Waals surface area contributed by atoms with Gasteiger partial charge >= 0.3 is 5.97 Å². The van der Waals surface area contributed by atoms with E-state index in [9.17, 15) is 14.7 Å². The van der Waals surface area contributed by atoms with Gasteiger partial charge in [0, 0.05) is 12.1 Å². The summed E-state index contributed by atoms with van der Waals surface area (Å²) < 4.78 is -0.903. The maximum absolute atomic E-state index is 13.3. The summed E-state index contributed by atoms with van der Waals surface area (Å²) in [7, 11) is 2.82. The van der Waals surface area contributed by atoms with E-state index in [1.165, 1.54) is 21.6 Å². The summed E-state index contributed by atoms with van der Waals surface area (Å²) in [5.74, 6) is -1.39. The van der Waals surface area contributed by atoms with Gasteiger partial charge in [0.05, 0.1) is 0 Å². The van der Waals surface area contributed by atoms with Crippen molar-refractivity contribution in [3.63, 3.8) is 0 Å². The maximum Gasteiger partial charge on any atom is 0.329 e. The molecular formula is C20H26N2O3S2. The van der Waals surface area contributed by atoms with E-state index in [0.717, 1.165) is 17.9 Å². The number of amides is 1. The first-order valence-corrected chi connectivity index (χ1v) is 11.2. The Morgan fingerprint density at radius 2 is 2.15 bits per heavy atom. The lowest BCUT2D eigenvalue weighted by Crippen LogP contribution is -2.58. The molecule has 2 N–H and O–H groups in total. The van der Waals surface area contributed by atoms with Gasteiger partial charge in [-0.1, -0.05) is 67.9 Å². The fourth-order valence-corrected chi connectivity index (χ4v) is 5.52. The van der Waals surface area contributed by atoms with E-state index in [1.54, 1.807) is 13.1 Å². The number of carbonyl (C=O) groups excluding carboxylic acids is 1. The van der Waals surface area contributed by atoms with E-state index in [4.69, 9.17) is 0 Å². The maximum atomic E-state index is 13.3. The number of rotatable bonds is 9. The number of aromatic nitrogens is 1. The summed E-state index contributed by atoms with van der Waals surface area (Å²) in [6, 6.07) is 5.63. The van der Waals surface area contributed by atoms with E-state index in [2.05, 4.69) is 10.3 Å². The van der Waals surface area contributed by atoms with Crippen molar-refractivity contribution in [1.82, 2.24) is 10.3 Å². The van der Waals surface area contributed by atoms with Crippen LogP contribution in [0, 0.1) is 5.92 Å². The fourth-order valence-electron chi connectivity index (χ4n) is 2.76. The Bertz CT molecular complexity index is 723. The lowest BCUT2D eigenvalue weighted by Gasteiger charge is -2.37. The predicted octanol–water partition coefficient (Wildman–Crippen LogP) is 4.47. The molecule has 27 heavy (non-hydrogen) atoms. The van der Waals surface area contributed by atoms with Gasteiger partial charge in [-0.3, -0.25) is 4.79 Å². The van der Waals surface area contributed by atoms with Crippen LogP contribution < -0.4 is 5.32 Å². The number of nitrogens with zero attached hydrogens (tertiary/aromatic N) is 1. The highest BCUT2D eigenvalue weighted by Gasteiger charge is 2.46. The lowest BCUT2D eigenvalue weighted by molar-refractivity contribution is -0.147. The van der Waals surface area contributed by atoms with Crippen LogP contribution in [0.1, 0.15) is 40.0 Å². The van der Waals surface area contributed by atoms with Crippen molar-refractivity contribution < 1.29 is 14.7 Å². The lowest BCUT2D eigenvalue weighted by atomic mass is 9.86. The molecule has 7 heteroatoms. The van der Waals surface area contributed by atoms with E-state index in [1.807, 2.05) is 56.4 Å². The zero-order chi connectivity index (χ0) is 19.9. The highest BCUT2D eigenvalue weighted by atomic mass is 33.1. The number of hydrogen-bond acceptors (Lipinski definition) is 5. The van der Waals surface area contributed by atoms with Crippen LogP contribution in [0.4, 0.5) is 0 Å². The monoisotopic (exact) mass is 406 g/mol. The largest absolute Gasteiger partial charge is 0.480 e. The Morgan fingerprint density at radius 3 is 2.74 bits per heavy atom. The minimum absolute atomic E-state index is 0.0899. The van der Waals surface area contributed by atoms with Crippen LogP contribution >= 0.6 is 21.6 Å². The van der Waals surface area contributed by atoms with E-state index < -0.39 is 16.3 Å². The number of carbonyl (C=O) groups is 2. The van der Waals surface area contributed by atoms with Gasteiger partial charge in [-0.25, -0.2) is 9.78 Å². The SMILES string of the molecule is CCCCC(C)(NC(=O)C1(SSc2ccccn2)C=CC=CC1C)C(=O)O. The fraction of sp³-hybridized carbons (Fsp3) is 0.450. The summed E-state index contributed by atoms with van der Waals surface area (Å²) in [5.41, 5.74) is -1.29. The Hall–Kier alpha value is -1.73. The van der Waals surface area contributed by atoms with Crippen LogP contribution in [-0.4, -0.2) is 32.3 Å². The summed E-state index contributed by atoms with van der Waals surface area (Å²) in [6.45, 7) is 5.55. The molecular weight excluding hydrogens is 380 g/mol. The van der Waals surface area contributed by atoms with Gasteiger partial charge in [0.25, 0.3) is 0 Å². The number of hydrogen-bond donors (Lipinski definition) is 2. The molecule has 3 unspecified atom stereocenters. The van der Waals surface area contributed by atoms with Crippen LogP contribution in [0.25, 0.3) is 0 Å². The van der Waals surface area contributed by atoms with Gasteiger partial charge in [-0.15, -0.1) is 0 Å². The number of aliphatic carboxylic acids is 1. The third kappa shape index (κ3) is 5.17. The van der Waals surface area contributed by atoms with Crippen molar-refractivity contribution in [2.45, 2.75) is 55.3 Å². The Kier molecular flexibility index (Phi) is 7.56. The van der Waals surface area contributed by atoms with Crippen molar-refractivity contribution >= 4 is 33.5 Å². The predicted molar refractivity (Wildman–Crippen MR) is 112 cm³/mol. The minimum Gasteiger partial charge on any atom is -0.480 e. The van der Waals surface area contributed by atoms with Crippen LogP contribution in [0.5, 0.6) is 0 Å². The normalized spacial score (nSPS) is 23.6. The quantitative estimate of drug-likeness (QED) is 0.589. The molecule has 0 aromatic carbocycles. The number of carboxylic acid groups (broad SMARTS) is 1. The highest BCUT2D eigenvalue weighted by molar-refractivity contribution is 8.77. The molecule has 1 aromatic heterocycles. The smallest absolute Gasteiger partial charge is 0.329 e. The molecule has 0 fully saturated rings. The zero-order valence-corrected chi connectivity index (χ0v) is 17.5. The third-order valence-electron chi connectivity index (χ3n) is 4.68. The average Bonchev–Trinajstić information content (AvgIpc) is 2.66. The molecule has 1 aromatic rings. The first-order chi connectivity index (χ1) is 12.8. The summed E-state index contributed by atoms with van der Waals surface area (Å²) >= 11 is 0. The zero-order valence-electron chi connectivity index (χ0n) is 15.8. The molecule has 2 rings (SSSR count). The third-order valence-corrected chi connectivity index (χ3v) is 7.73. The van der Waals surface area contributed by atoms with E-state index in [-0.39, 0.29) is 11.8 Å². The minimum atomic E-state index is -1.29. The highest BCUT2D eigenvalue weighted by Crippen LogP contribution is 2.47. The van der Waals surface area contributed by atoms with Gasteiger partial charge in [-0.05, 0) is 36.3 Å². The second kappa shape index (κ2) is 9.46. The van der Waals surface area contributed by atoms with Gasteiger partial charge in [-0.2, -0.15) is 0 Å². The Labute approximate surface area is 168 Å². The first kappa shape index (κ1) is 21.6. The molecule has 5 nitrogen and oxygen atoms in total. The van der Waals surface area contributed by atoms with Crippen molar-refractivity contribution in [3.8, 4) is 0 Å². The molecule has 1 aliphatic rings. The summed E-state index contributed by atoms with van der Waals surface area (Å²) in [5, 5.41) is 13.3. The van der Waals surface area contributed by atoms with Crippen molar-refractivity contribution in [3.05, 3.63) is 48.7 Å². The first-order valence-electron chi connectivity index (χ1n) is 9.03. The molecule has 0 bridgehead atoms. The number of nitrogens with one attached hydrogen (secondary N) is 1. The molecule has 1 aliphatic carbocycles. The topological polar surface area (TPSA) is 79.3 Å². The van der Waals surface area contributed by atoms with Gasteiger partial charge < -0.3 is 10.4 Å². The summed E-state index contributed by atoms with van der Waals surface area (Å²) in [6.07, 6.45) is 11.3. The average molecular weight is 407 g/mol. The van der Waals surface area contributed by atoms with Crippen LogP contribution in [0.2, 0.25) is 0 Å². The Balaban J connectivity index is 2.25. The second-order valence-electron chi connectivity index (χ2n) is 6.86. The van der Waals surface area contributed by atoms with E-state index in [0.29, 0.717) is 6.42 Å². The molecule has 0 saturated heterocycles. The molecule has 1 heterocycles. The van der Waals surface area contributed by atoms with Crippen molar-refractivity contribution in [1.29, 1.82) is 0 Å². The summed E-state index contributed by atoms with van der Waals surface area (Å²) in [4.78, 5) is 29.5. The number of pyridine rings is 1. The molecule has 3 atom stereocenters. The molecule has 0 spiro atoms. The van der Waals surface area contributed by atoms with E-state index >= 15 is 0 Å². The molecule has 0 saturated carbocycles. The van der Waals surface area contributed by atoms with Crippen LogP contribution in [-0.2, 0) is 9.59 Å². The second-order valence-corrected chi connectivity index (χ2v) is 9.28. The van der Waals surface area contributed by atoms with Crippen molar-refractivity contribution in [2.24, 2.45) is 5.92 Å². The standard InChI is InChI=1S/C20H26N2O3S2/c1-4-5-12-19(3,18(24)25)22-17(23)20(13-8-6-10-15(20)2)27-26-16-11-7-9-14-21-16/h6-11,13-15H,4-5,12H2,1-3H3,(H,22,23)(H,24,25). The van der Waals surface area contributed by atoms with Gasteiger partial charge in [0.2, 0.25) is 5.91 Å². The van der Waals surface area contributed by atoms with Crippen LogP contribution in [0.15, 0.2) is 53.7 Å². The molecule has 0 radical (unpaired) electrons. The number of carboxylic acids is 1. The molecule has 1 amide bonds. The Morgan fingerprint density at radius 1 is 1.37 bits per heavy atom. The number of unbranched alkanes of at least 4 members (excludes halogenated alkanes) is 1. The number of allylic oxidation sites excluding steroid dienone is 3. The molecule has 146 valence electrons.